The van der Waals surface area contributed by atoms with E-state index in [9.17, 15) is 9.90 Å². The molecule has 0 fully saturated rings. The standard InChI is InChI=1S/C11H11NO3/c1-15-11(14)6-10(13)9-4-2-3-8(5-9)7-12/h2-5,10,13H,6H2,1H3. The van der Waals surface area contributed by atoms with Gasteiger partial charge in [0.2, 0.25) is 0 Å². The van der Waals surface area contributed by atoms with Crippen LogP contribution in [-0.4, -0.2) is 18.2 Å². The minimum atomic E-state index is -0.925. The van der Waals surface area contributed by atoms with Crippen LogP contribution in [0.4, 0.5) is 0 Å². The minimum absolute atomic E-state index is 0.106. The number of methoxy groups -OCH3 is 1. The van der Waals surface area contributed by atoms with Gasteiger partial charge in [0.25, 0.3) is 0 Å². The van der Waals surface area contributed by atoms with Crippen LogP contribution in [0.5, 0.6) is 0 Å². The molecule has 0 radical (unpaired) electrons. The Morgan fingerprint density at radius 1 is 1.67 bits per heavy atom. The topological polar surface area (TPSA) is 70.3 Å². The van der Waals surface area contributed by atoms with Gasteiger partial charge in [-0.1, -0.05) is 12.1 Å². The van der Waals surface area contributed by atoms with Gasteiger partial charge in [-0.05, 0) is 17.7 Å². The van der Waals surface area contributed by atoms with E-state index in [0.29, 0.717) is 11.1 Å². The molecule has 1 rings (SSSR count). The molecular weight excluding hydrogens is 194 g/mol. The van der Waals surface area contributed by atoms with Crippen LogP contribution in [0, 0.1) is 11.3 Å². The van der Waals surface area contributed by atoms with Gasteiger partial charge in [0.05, 0.1) is 31.3 Å². The number of nitrogens with zero attached hydrogens (tertiary/aromatic N) is 1. The van der Waals surface area contributed by atoms with E-state index >= 15 is 0 Å². The lowest BCUT2D eigenvalue weighted by Gasteiger charge is -2.09. The van der Waals surface area contributed by atoms with E-state index in [1.54, 1.807) is 24.3 Å². The zero-order chi connectivity index (χ0) is 11.3. The van der Waals surface area contributed by atoms with Crippen molar-refractivity contribution in [2.45, 2.75) is 12.5 Å². The lowest BCUT2D eigenvalue weighted by Crippen LogP contribution is -2.08. The molecule has 0 spiro atoms. The number of hydrogen-bond acceptors (Lipinski definition) is 4. The second-order valence-corrected chi connectivity index (χ2v) is 3.03. The fourth-order valence-corrected chi connectivity index (χ4v) is 1.17. The number of benzene rings is 1. The smallest absolute Gasteiger partial charge is 0.308 e. The summed E-state index contributed by atoms with van der Waals surface area (Å²) in [6.45, 7) is 0. The molecule has 0 amide bonds. The summed E-state index contributed by atoms with van der Waals surface area (Å²) in [7, 11) is 1.26. The second-order valence-electron chi connectivity index (χ2n) is 3.03. The first-order chi connectivity index (χ1) is 7.17. The summed E-state index contributed by atoms with van der Waals surface area (Å²) in [6, 6.07) is 8.47. The Bertz CT molecular complexity index is 395. The molecule has 4 heteroatoms. The van der Waals surface area contributed by atoms with Crippen LogP contribution in [0.3, 0.4) is 0 Å². The molecule has 1 unspecified atom stereocenters. The first kappa shape index (κ1) is 11.2. The van der Waals surface area contributed by atoms with Gasteiger partial charge in [-0.3, -0.25) is 4.79 Å². The number of ether oxygens (including phenoxy) is 1. The van der Waals surface area contributed by atoms with Crippen LogP contribution in [0.1, 0.15) is 23.7 Å². The van der Waals surface area contributed by atoms with Gasteiger partial charge in [-0.25, -0.2) is 0 Å². The summed E-state index contributed by atoms with van der Waals surface area (Å²) in [5, 5.41) is 18.3. The highest BCUT2D eigenvalue weighted by molar-refractivity contribution is 5.70. The quantitative estimate of drug-likeness (QED) is 0.751. The van der Waals surface area contributed by atoms with E-state index in [2.05, 4.69) is 4.74 Å². The molecule has 1 aromatic carbocycles. The van der Waals surface area contributed by atoms with E-state index in [1.807, 2.05) is 6.07 Å². The molecule has 0 saturated heterocycles. The van der Waals surface area contributed by atoms with Crippen molar-refractivity contribution in [3.05, 3.63) is 35.4 Å². The number of hydrogen-bond donors (Lipinski definition) is 1. The van der Waals surface area contributed by atoms with Gasteiger partial charge < -0.3 is 9.84 Å². The van der Waals surface area contributed by atoms with E-state index in [4.69, 9.17) is 5.26 Å². The average Bonchev–Trinajstić information content (AvgIpc) is 2.28. The molecule has 0 bridgehead atoms. The van der Waals surface area contributed by atoms with Crippen LogP contribution in [0.2, 0.25) is 0 Å². The lowest BCUT2D eigenvalue weighted by atomic mass is 10.0. The molecule has 15 heavy (non-hydrogen) atoms. The van der Waals surface area contributed by atoms with E-state index in [1.165, 1.54) is 7.11 Å². The summed E-state index contributed by atoms with van der Waals surface area (Å²) >= 11 is 0. The average molecular weight is 205 g/mol. The zero-order valence-electron chi connectivity index (χ0n) is 8.30. The highest BCUT2D eigenvalue weighted by Crippen LogP contribution is 2.17. The third-order valence-corrected chi connectivity index (χ3v) is 1.99. The van der Waals surface area contributed by atoms with E-state index < -0.39 is 12.1 Å². The molecule has 1 atom stereocenters. The van der Waals surface area contributed by atoms with E-state index in [0.717, 1.165) is 0 Å². The van der Waals surface area contributed by atoms with Gasteiger partial charge >= 0.3 is 5.97 Å². The third kappa shape index (κ3) is 3.08. The van der Waals surface area contributed by atoms with Crippen molar-refractivity contribution in [1.29, 1.82) is 5.26 Å². The Balaban J connectivity index is 2.78. The maximum atomic E-state index is 10.9. The number of aliphatic hydroxyl groups is 1. The first-order valence-electron chi connectivity index (χ1n) is 4.42. The number of esters is 1. The Morgan fingerprint density at radius 3 is 3.00 bits per heavy atom. The van der Waals surface area contributed by atoms with Gasteiger partial charge in [-0.2, -0.15) is 5.26 Å². The monoisotopic (exact) mass is 205 g/mol. The van der Waals surface area contributed by atoms with Crippen molar-refractivity contribution in [2.24, 2.45) is 0 Å². The highest BCUT2D eigenvalue weighted by atomic mass is 16.5. The molecule has 0 aliphatic heterocycles. The maximum Gasteiger partial charge on any atom is 0.308 e. The number of carbonyl (C=O) groups excluding carboxylic acids is 1. The van der Waals surface area contributed by atoms with Crippen molar-refractivity contribution >= 4 is 5.97 Å². The molecule has 1 aromatic rings. The highest BCUT2D eigenvalue weighted by Gasteiger charge is 2.13. The van der Waals surface area contributed by atoms with Crippen LogP contribution < -0.4 is 0 Å². The molecule has 78 valence electrons. The molecule has 1 N–H and O–H groups in total. The van der Waals surface area contributed by atoms with Gasteiger partial charge in [-0.15, -0.1) is 0 Å². The summed E-state index contributed by atoms with van der Waals surface area (Å²) in [5.41, 5.74) is 0.996. The molecule has 0 aliphatic carbocycles. The predicted molar refractivity (Wildman–Crippen MR) is 52.7 cm³/mol. The Morgan fingerprint density at radius 2 is 2.40 bits per heavy atom. The third-order valence-electron chi connectivity index (χ3n) is 1.99. The Hall–Kier alpha value is -1.86. The van der Waals surface area contributed by atoms with Crippen molar-refractivity contribution < 1.29 is 14.6 Å². The molecule has 0 aromatic heterocycles. The Kier molecular flexibility index (Phi) is 3.83. The largest absolute Gasteiger partial charge is 0.469 e. The van der Waals surface area contributed by atoms with Gasteiger partial charge in [0, 0.05) is 0 Å². The molecule has 0 heterocycles. The maximum absolute atomic E-state index is 10.9. The normalized spacial score (nSPS) is 11.5. The number of aliphatic hydroxyl groups excluding tert-OH is 1. The minimum Gasteiger partial charge on any atom is -0.469 e. The first-order valence-corrected chi connectivity index (χ1v) is 4.42. The van der Waals surface area contributed by atoms with E-state index in [-0.39, 0.29) is 6.42 Å². The van der Waals surface area contributed by atoms with Crippen molar-refractivity contribution in [3.63, 3.8) is 0 Å². The van der Waals surface area contributed by atoms with Gasteiger partial charge in [0.15, 0.2) is 0 Å². The SMILES string of the molecule is COC(=O)CC(O)c1cccc(C#N)c1. The van der Waals surface area contributed by atoms with Crippen molar-refractivity contribution in [3.8, 4) is 6.07 Å². The van der Waals surface area contributed by atoms with Crippen LogP contribution in [0.15, 0.2) is 24.3 Å². The van der Waals surface area contributed by atoms with Crippen molar-refractivity contribution in [2.75, 3.05) is 7.11 Å². The molecule has 0 saturated carbocycles. The zero-order valence-corrected chi connectivity index (χ0v) is 8.30. The summed E-state index contributed by atoms with van der Waals surface area (Å²) in [6.07, 6.45) is -1.03. The second kappa shape index (κ2) is 5.13. The number of nitriles is 1. The molecule has 0 aliphatic rings. The number of rotatable bonds is 3. The predicted octanol–water partition coefficient (Wildman–Crippen LogP) is 1.15. The van der Waals surface area contributed by atoms with Crippen LogP contribution >= 0.6 is 0 Å². The Labute approximate surface area is 87.7 Å². The fourth-order valence-electron chi connectivity index (χ4n) is 1.17. The van der Waals surface area contributed by atoms with Crippen molar-refractivity contribution in [1.82, 2.24) is 0 Å². The summed E-state index contributed by atoms with van der Waals surface area (Å²) in [4.78, 5) is 10.9. The summed E-state index contributed by atoms with van der Waals surface area (Å²) in [5.74, 6) is -0.482. The summed E-state index contributed by atoms with van der Waals surface area (Å²) < 4.78 is 4.43. The molecular formula is C11H11NO3. The van der Waals surface area contributed by atoms with Gasteiger partial charge in [0.1, 0.15) is 0 Å². The lowest BCUT2D eigenvalue weighted by molar-refractivity contribution is -0.142. The molecule has 4 nitrogen and oxygen atoms in total. The van der Waals surface area contributed by atoms with Crippen LogP contribution in [-0.2, 0) is 9.53 Å². The van der Waals surface area contributed by atoms with Crippen LogP contribution in [0.25, 0.3) is 0 Å². The number of carbonyl (C=O) groups is 1. The fraction of sp³-hybridized carbons (Fsp3) is 0.273.